The Kier molecular flexibility index (Phi) is 9.08. The lowest BCUT2D eigenvalue weighted by Crippen LogP contribution is -2.27. The number of imidazole rings is 1. The van der Waals surface area contributed by atoms with Crippen molar-refractivity contribution < 1.29 is 23.5 Å². The molecule has 0 saturated carbocycles. The minimum atomic E-state index is -0.323. The summed E-state index contributed by atoms with van der Waals surface area (Å²) in [6.45, 7) is 3.38. The fourth-order valence-electron chi connectivity index (χ4n) is 4.50. The van der Waals surface area contributed by atoms with Crippen molar-refractivity contribution in [3.63, 3.8) is 0 Å². The highest BCUT2D eigenvalue weighted by Gasteiger charge is 2.21. The molecule has 1 fully saturated rings. The van der Waals surface area contributed by atoms with Crippen molar-refractivity contribution in [3.05, 3.63) is 83.7 Å². The zero-order valence-electron chi connectivity index (χ0n) is 23.4. The molecule has 4 heterocycles. The maximum absolute atomic E-state index is 11.5. The van der Waals surface area contributed by atoms with Gasteiger partial charge in [0.15, 0.2) is 12.1 Å². The predicted molar refractivity (Wildman–Crippen MR) is 152 cm³/mol. The Hall–Kier alpha value is -4.46. The van der Waals surface area contributed by atoms with E-state index in [1.54, 1.807) is 24.3 Å². The Morgan fingerprint density at radius 1 is 1.15 bits per heavy atom. The number of methoxy groups -OCH3 is 1. The number of ether oxygens (including phenoxy) is 3. The van der Waals surface area contributed by atoms with Gasteiger partial charge < -0.3 is 28.2 Å². The van der Waals surface area contributed by atoms with E-state index in [4.69, 9.17) is 18.7 Å². The van der Waals surface area contributed by atoms with Crippen LogP contribution in [0.15, 0.2) is 65.6 Å². The van der Waals surface area contributed by atoms with E-state index in [0.29, 0.717) is 18.1 Å². The molecule has 0 N–H and O–H groups in total. The summed E-state index contributed by atoms with van der Waals surface area (Å²) in [5.74, 6) is 8.12. The lowest BCUT2D eigenvalue weighted by molar-refractivity contribution is -0.188. The van der Waals surface area contributed by atoms with Gasteiger partial charge in [-0.25, -0.2) is 9.97 Å². The van der Waals surface area contributed by atoms with Crippen molar-refractivity contribution in [1.29, 1.82) is 0 Å². The Balaban J connectivity index is 1.18. The second kappa shape index (κ2) is 13.3. The predicted octanol–water partition coefficient (Wildman–Crippen LogP) is 4.59. The Labute approximate surface area is 239 Å². The molecule has 10 heteroatoms. The molecule has 0 bridgehead atoms. The first-order valence-electron chi connectivity index (χ1n) is 13.6. The van der Waals surface area contributed by atoms with E-state index in [-0.39, 0.29) is 24.9 Å². The molecule has 1 aromatic carbocycles. The number of benzene rings is 1. The molecule has 1 saturated heterocycles. The number of carbonyl (C=O) groups excluding carboxylic acids is 1. The molecular weight excluding hydrogens is 522 g/mol. The van der Waals surface area contributed by atoms with E-state index in [1.165, 1.54) is 7.11 Å². The van der Waals surface area contributed by atoms with E-state index in [1.807, 2.05) is 60.2 Å². The van der Waals surface area contributed by atoms with Crippen LogP contribution in [0.3, 0.4) is 0 Å². The lowest BCUT2D eigenvalue weighted by atomic mass is 10.1. The summed E-state index contributed by atoms with van der Waals surface area (Å²) >= 11 is 0. The van der Waals surface area contributed by atoms with Gasteiger partial charge >= 0.3 is 5.97 Å². The number of rotatable bonds is 9. The minimum Gasteiger partial charge on any atom is -0.468 e. The van der Waals surface area contributed by atoms with Crippen LogP contribution in [-0.2, 0) is 25.5 Å². The SMILES string of the molecule is COC(=O)CN(C)c1ccc(C#Cc2ccc(-c3cc(Cn4ccnc4C(C)OC4CCCCO4)no3)cc2)cn1. The van der Waals surface area contributed by atoms with E-state index < -0.39 is 0 Å². The monoisotopic (exact) mass is 555 g/mol. The molecule has 2 unspecified atom stereocenters. The van der Waals surface area contributed by atoms with Crippen molar-refractivity contribution in [2.24, 2.45) is 0 Å². The number of pyridine rings is 1. The molecule has 212 valence electrons. The van der Waals surface area contributed by atoms with Crippen molar-refractivity contribution in [2.45, 2.75) is 45.1 Å². The molecule has 41 heavy (non-hydrogen) atoms. The highest BCUT2D eigenvalue weighted by Crippen LogP contribution is 2.25. The van der Waals surface area contributed by atoms with Gasteiger partial charge in [0.2, 0.25) is 0 Å². The van der Waals surface area contributed by atoms with Crippen molar-refractivity contribution in [1.82, 2.24) is 19.7 Å². The number of anilines is 1. The number of aromatic nitrogens is 4. The summed E-state index contributed by atoms with van der Waals surface area (Å²) in [5.41, 5.74) is 3.33. The zero-order valence-corrected chi connectivity index (χ0v) is 23.4. The molecule has 3 aromatic heterocycles. The van der Waals surface area contributed by atoms with Gasteiger partial charge in [-0.3, -0.25) is 4.79 Å². The second-order valence-corrected chi connectivity index (χ2v) is 9.83. The fourth-order valence-corrected chi connectivity index (χ4v) is 4.50. The second-order valence-electron chi connectivity index (χ2n) is 9.83. The van der Waals surface area contributed by atoms with Crippen LogP contribution in [0.5, 0.6) is 0 Å². The van der Waals surface area contributed by atoms with Crippen LogP contribution < -0.4 is 4.90 Å². The summed E-state index contributed by atoms with van der Waals surface area (Å²) in [4.78, 5) is 22.1. The zero-order chi connectivity index (χ0) is 28.6. The topological polar surface area (TPSA) is 105 Å². The quantitative estimate of drug-likeness (QED) is 0.217. The van der Waals surface area contributed by atoms with Gasteiger partial charge in [-0.1, -0.05) is 17.0 Å². The first-order chi connectivity index (χ1) is 20.0. The number of hydrogen-bond donors (Lipinski definition) is 0. The van der Waals surface area contributed by atoms with Gasteiger partial charge in [-0.15, -0.1) is 0 Å². The number of carbonyl (C=O) groups is 1. The molecule has 1 aliphatic heterocycles. The summed E-state index contributed by atoms with van der Waals surface area (Å²) in [7, 11) is 3.14. The van der Waals surface area contributed by atoms with Crippen molar-refractivity contribution in [3.8, 4) is 23.2 Å². The molecule has 0 radical (unpaired) electrons. The van der Waals surface area contributed by atoms with Gasteiger partial charge in [0.05, 0.1) is 13.7 Å². The normalized spacial score (nSPS) is 15.5. The van der Waals surface area contributed by atoms with E-state index in [0.717, 1.165) is 54.1 Å². The summed E-state index contributed by atoms with van der Waals surface area (Å²) in [6.07, 6.45) is 8.10. The number of likely N-dealkylation sites (N-methyl/N-ethyl adjacent to an activating group) is 1. The average molecular weight is 556 g/mol. The third kappa shape index (κ3) is 7.39. The molecule has 0 aliphatic carbocycles. The summed E-state index contributed by atoms with van der Waals surface area (Å²) < 4.78 is 24.2. The third-order valence-electron chi connectivity index (χ3n) is 6.75. The number of hydrogen-bond acceptors (Lipinski definition) is 9. The van der Waals surface area contributed by atoms with Gasteiger partial charge in [-0.2, -0.15) is 0 Å². The lowest BCUT2D eigenvalue weighted by Gasteiger charge is -2.26. The van der Waals surface area contributed by atoms with Crippen LogP contribution in [0.25, 0.3) is 11.3 Å². The van der Waals surface area contributed by atoms with Gasteiger partial charge in [0.1, 0.15) is 30.0 Å². The van der Waals surface area contributed by atoms with Crippen LogP contribution in [0.1, 0.15) is 54.9 Å². The molecule has 5 rings (SSSR count). The highest BCUT2D eigenvalue weighted by atomic mass is 16.7. The average Bonchev–Trinajstić information content (AvgIpc) is 3.67. The Bertz CT molecular complexity index is 1490. The molecular formula is C31H33N5O5. The van der Waals surface area contributed by atoms with Crippen molar-refractivity contribution >= 4 is 11.8 Å². The first-order valence-corrected chi connectivity index (χ1v) is 13.6. The van der Waals surface area contributed by atoms with Gasteiger partial charge in [-0.05, 0) is 62.6 Å². The molecule has 0 spiro atoms. The maximum atomic E-state index is 11.5. The van der Waals surface area contributed by atoms with E-state index in [9.17, 15) is 4.79 Å². The minimum absolute atomic E-state index is 0.128. The maximum Gasteiger partial charge on any atom is 0.325 e. The van der Waals surface area contributed by atoms with Gasteiger partial charge in [0.25, 0.3) is 0 Å². The van der Waals surface area contributed by atoms with Crippen LogP contribution in [-0.4, -0.2) is 59.3 Å². The number of nitrogens with zero attached hydrogens (tertiary/aromatic N) is 5. The standard InChI is InChI=1S/C31H33N5O5/c1-22(40-30-6-4-5-17-39-30)31-32-15-16-36(31)20-26-18-27(41-34-26)25-12-9-23(10-13-25)7-8-24-11-14-28(33-19-24)35(2)21-29(37)38-3/h9-16,18-19,22,30H,4-6,17,20-21H2,1-3H3. The summed E-state index contributed by atoms with van der Waals surface area (Å²) in [5, 5.41) is 4.27. The molecule has 1 aliphatic rings. The molecule has 0 amide bonds. The molecule has 2 atom stereocenters. The molecule has 4 aromatic rings. The first kappa shape index (κ1) is 28.1. The smallest absolute Gasteiger partial charge is 0.325 e. The Morgan fingerprint density at radius 3 is 2.68 bits per heavy atom. The summed E-state index contributed by atoms with van der Waals surface area (Å²) in [6, 6.07) is 13.4. The molecule has 10 nitrogen and oxygen atoms in total. The number of esters is 1. The van der Waals surface area contributed by atoms with Gasteiger partial charge in [0, 0.05) is 55.0 Å². The Morgan fingerprint density at radius 2 is 1.95 bits per heavy atom. The fraction of sp³-hybridized carbons (Fsp3) is 0.355. The van der Waals surface area contributed by atoms with Crippen LogP contribution in [0, 0.1) is 11.8 Å². The van der Waals surface area contributed by atoms with E-state index in [2.05, 4.69) is 27.0 Å². The van der Waals surface area contributed by atoms with Crippen molar-refractivity contribution in [2.75, 3.05) is 32.2 Å². The highest BCUT2D eigenvalue weighted by molar-refractivity contribution is 5.75. The largest absolute Gasteiger partial charge is 0.468 e. The van der Waals surface area contributed by atoms with Crippen LogP contribution in [0.4, 0.5) is 5.82 Å². The third-order valence-corrected chi connectivity index (χ3v) is 6.75. The van der Waals surface area contributed by atoms with Crippen LogP contribution >= 0.6 is 0 Å². The van der Waals surface area contributed by atoms with E-state index >= 15 is 0 Å². The van der Waals surface area contributed by atoms with Crippen LogP contribution in [0.2, 0.25) is 0 Å².